The minimum absolute atomic E-state index is 0.0200. The second-order valence-electron chi connectivity index (χ2n) is 20.2. The van der Waals surface area contributed by atoms with Crippen LogP contribution in [0.2, 0.25) is 0 Å². The van der Waals surface area contributed by atoms with Gasteiger partial charge in [0.05, 0.1) is 58.7 Å². The Labute approximate surface area is 492 Å². The van der Waals surface area contributed by atoms with E-state index in [1.165, 1.54) is 31.0 Å². The van der Waals surface area contributed by atoms with E-state index in [-0.39, 0.29) is 48.2 Å². The van der Waals surface area contributed by atoms with Crippen LogP contribution in [0.25, 0.3) is 0 Å². The molecule has 4 aromatic carbocycles. The van der Waals surface area contributed by atoms with Gasteiger partial charge in [-0.15, -0.1) is 0 Å². The van der Waals surface area contributed by atoms with Gasteiger partial charge < -0.3 is 59.0 Å². The number of imide groups is 2. The monoisotopic (exact) mass is 1170 g/mol. The predicted octanol–water partition coefficient (Wildman–Crippen LogP) is 7.43. The van der Waals surface area contributed by atoms with E-state index in [1.807, 2.05) is 48.2 Å². The van der Waals surface area contributed by atoms with Gasteiger partial charge in [-0.3, -0.25) is 48.6 Å². The average molecular weight is 1170 g/mol. The van der Waals surface area contributed by atoms with E-state index >= 15 is 0 Å². The first-order valence-electron chi connectivity index (χ1n) is 28.1. The van der Waals surface area contributed by atoms with Crippen molar-refractivity contribution in [3.8, 4) is 40.2 Å². The van der Waals surface area contributed by atoms with E-state index in [0.29, 0.717) is 65.5 Å². The Kier molecular flexibility index (Phi) is 28.3. The molecular weight excluding hydrogens is 1090 g/mol. The maximum Gasteiger partial charge on any atom is 0.293 e. The Balaban J connectivity index is 0.000000250. The average Bonchev–Trinajstić information content (AvgIpc) is 2.40. The van der Waals surface area contributed by atoms with Gasteiger partial charge in [-0.05, 0) is 124 Å². The summed E-state index contributed by atoms with van der Waals surface area (Å²) in [5.74, 6) is 0.492. The first kappa shape index (κ1) is 68.1. The van der Waals surface area contributed by atoms with Crippen LogP contribution in [0.3, 0.4) is 0 Å². The van der Waals surface area contributed by atoms with Crippen molar-refractivity contribution in [2.24, 2.45) is 17.4 Å². The number of carbonyl (C=O) groups excluding carboxylic acids is 8. The van der Waals surface area contributed by atoms with Gasteiger partial charge in [0.2, 0.25) is 23.5 Å². The van der Waals surface area contributed by atoms with Gasteiger partial charge in [-0.1, -0.05) is 58.0 Å². The van der Waals surface area contributed by atoms with Crippen LogP contribution in [0.15, 0.2) is 72.8 Å². The van der Waals surface area contributed by atoms with Crippen LogP contribution in [0.4, 0.5) is 0 Å². The molecule has 0 bridgehead atoms. The molecule has 4 atom stereocenters. The van der Waals surface area contributed by atoms with E-state index < -0.39 is 54.2 Å². The van der Waals surface area contributed by atoms with E-state index in [4.69, 9.17) is 54.1 Å². The number of primary amides is 2. The quantitative estimate of drug-likeness (QED) is 0.0407. The summed E-state index contributed by atoms with van der Waals surface area (Å²) < 4.78 is 48.1. The summed E-state index contributed by atoms with van der Waals surface area (Å²) in [4.78, 5) is 96.9. The molecule has 0 spiro atoms. The molecule has 0 radical (unpaired) electrons. The lowest BCUT2D eigenvalue weighted by atomic mass is 9.93. The number of carbonyl (C=O) groups is 8. The lowest BCUT2D eigenvalue weighted by Gasteiger charge is -2.30. The number of rotatable bonds is 26. The summed E-state index contributed by atoms with van der Waals surface area (Å²) in [5, 5.41) is 2.11. The van der Waals surface area contributed by atoms with Crippen molar-refractivity contribution in [3.05, 3.63) is 101 Å². The highest BCUT2D eigenvalue weighted by Gasteiger charge is 2.46. The van der Waals surface area contributed by atoms with Crippen LogP contribution < -0.4 is 49.9 Å². The molecule has 3 heterocycles. The molecule has 4 unspecified atom stereocenters. The number of ether oxygens (including phenoxy) is 9. The van der Waals surface area contributed by atoms with Crippen LogP contribution in [-0.2, 0) is 44.7 Å². The number of para-hydroxylation sites is 1. The molecular formula is C62H83N5O17. The van der Waals surface area contributed by atoms with Crippen molar-refractivity contribution in [3.63, 3.8) is 0 Å². The second-order valence-corrected chi connectivity index (χ2v) is 20.2. The van der Waals surface area contributed by atoms with Gasteiger partial charge in [-0.25, -0.2) is 0 Å². The SMILES string of the molecule is CCC(C(=O)N1CCCCC1)c1cc(OC)c(OC)c(OC)c1.CCC(C)OCCC(C)C.COc1ccc(CCC(OC=O)c2ccccc2OCC(N)=O)cc1OC.NC(=O)COc1cccc2c1C(=O)N(C1CCC(=O)NC1=O)C2=O. The molecule has 7 rings (SSSR count). The summed E-state index contributed by atoms with van der Waals surface area (Å²) >= 11 is 0. The number of nitrogens with zero attached hydrogens (tertiary/aromatic N) is 2. The van der Waals surface area contributed by atoms with Gasteiger partial charge in [0.1, 0.15) is 23.6 Å². The number of hydrogen-bond acceptors (Lipinski definition) is 17. The number of likely N-dealkylation sites (tertiary alicyclic amines) is 1. The molecule has 0 aliphatic carbocycles. The summed E-state index contributed by atoms with van der Waals surface area (Å²) in [6, 6.07) is 19.8. The van der Waals surface area contributed by atoms with E-state index in [1.54, 1.807) is 53.7 Å². The number of nitrogens with one attached hydrogen (secondary N) is 1. The summed E-state index contributed by atoms with van der Waals surface area (Å²) in [6.07, 6.45) is 7.62. The number of piperidine rings is 2. The Bertz CT molecular complexity index is 2830. The topological polar surface area (TPSA) is 290 Å². The van der Waals surface area contributed by atoms with Crippen LogP contribution in [-0.4, -0.2) is 138 Å². The highest BCUT2D eigenvalue weighted by atomic mass is 16.5. The molecule has 0 aromatic heterocycles. The van der Waals surface area contributed by atoms with Crippen molar-refractivity contribution in [2.45, 2.75) is 123 Å². The van der Waals surface area contributed by atoms with Gasteiger partial charge in [0.25, 0.3) is 30.1 Å². The number of methoxy groups -OCH3 is 5. The van der Waals surface area contributed by atoms with Gasteiger partial charge in [0.15, 0.2) is 36.2 Å². The first-order chi connectivity index (χ1) is 40.3. The third kappa shape index (κ3) is 19.6. The standard InChI is InChI=1S/C20H23NO6.C18H27NO4.C15H13N3O6.C9H20O/c1-24-18-10-8-14(11-19(18)25-2)7-9-17(27-13-22)15-5-3-4-6-16(15)26-12-20(21)23;1-5-14(18(20)19-9-7-6-8-10-19)13-11-15(21-2)17(23-4)16(12-13)22-3;16-10(19)6-24-9-3-1-2-7-12(9)15(23)18(14(7)22)8-4-5-11(20)17-13(8)21;1-5-9(4)10-7-6-8(2)3/h3-6,8,10-11,13,17H,7,9,12H2,1-2H3,(H2,21,23);11-12,14H,5-10H2,1-4H3;1-3,8H,4-6H2,(H2,16,19)(H,17,20,21);8-9H,5-7H2,1-4H3. The second kappa shape index (κ2) is 34.9. The normalized spacial score (nSPS) is 15.4. The van der Waals surface area contributed by atoms with Crippen molar-refractivity contribution in [1.82, 2.24) is 15.1 Å². The van der Waals surface area contributed by atoms with Gasteiger partial charge in [0, 0.05) is 31.7 Å². The number of amides is 7. The Hall–Kier alpha value is -8.40. The van der Waals surface area contributed by atoms with E-state index in [9.17, 15) is 38.4 Å². The Morgan fingerprint density at radius 3 is 1.87 bits per heavy atom. The molecule has 84 heavy (non-hydrogen) atoms. The third-order valence-electron chi connectivity index (χ3n) is 13.9. The van der Waals surface area contributed by atoms with Crippen LogP contribution in [0.1, 0.15) is 142 Å². The lowest BCUT2D eigenvalue weighted by Crippen LogP contribution is -2.54. The number of aryl methyl sites for hydroxylation is 1. The third-order valence-corrected chi connectivity index (χ3v) is 13.9. The maximum atomic E-state index is 12.9. The molecule has 458 valence electrons. The molecule has 5 N–H and O–H groups in total. The molecule has 22 nitrogen and oxygen atoms in total. The molecule has 2 saturated heterocycles. The Morgan fingerprint density at radius 1 is 0.690 bits per heavy atom. The minimum Gasteiger partial charge on any atom is -0.493 e. The summed E-state index contributed by atoms with van der Waals surface area (Å²) in [5.41, 5.74) is 12.8. The molecule has 22 heteroatoms. The molecule has 4 aromatic rings. The molecule has 7 amide bonds. The predicted molar refractivity (Wildman–Crippen MR) is 311 cm³/mol. The fourth-order valence-electron chi connectivity index (χ4n) is 9.29. The van der Waals surface area contributed by atoms with Gasteiger partial charge in [-0.2, -0.15) is 0 Å². The molecule has 3 aliphatic rings. The first-order valence-corrected chi connectivity index (χ1v) is 28.1. The highest BCUT2D eigenvalue weighted by Crippen LogP contribution is 2.41. The summed E-state index contributed by atoms with van der Waals surface area (Å²) in [7, 11) is 7.92. The van der Waals surface area contributed by atoms with E-state index in [2.05, 4.69) is 33.0 Å². The molecule has 2 fully saturated rings. The number of benzene rings is 4. The van der Waals surface area contributed by atoms with Crippen LogP contribution in [0.5, 0.6) is 40.2 Å². The molecule has 0 saturated carbocycles. The van der Waals surface area contributed by atoms with E-state index in [0.717, 1.165) is 67.3 Å². The smallest absolute Gasteiger partial charge is 0.293 e. The zero-order valence-corrected chi connectivity index (χ0v) is 50.0. The fourth-order valence-corrected chi connectivity index (χ4v) is 9.29. The van der Waals surface area contributed by atoms with Crippen molar-refractivity contribution >= 4 is 47.8 Å². The number of hydrogen-bond donors (Lipinski definition) is 3. The zero-order chi connectivity index (χ0) is 61.9. The maximum absolute atomic E-state index is 12.9. The van der Waals surface area contributed by atoms with Crippen molar-refractivity contribution < 1.29 is 81.0 Å². The number of nitrogens with two attached hydrogens (primary N) is 2. The number of fused-ring (bicyclic) bond motifs is 1. The summed E-state index contributed by atoms with van der Waals surface area (Å²) in [6.45, 7) is 13.1. The Morgan fingerprint density at radius 2 is 1.31 bits per heavy atom. The zero-order valence-electron chi connectivity index (χ0n) is 50.0. The molecule has 3 aliphatic heterocycles. The van der Waals surface area contributed by atoms with Crippen LogP contribution in [0, 0.1) is 5.92 Å². The minimum atomic E-state index is -1.06. The largest absolute Gasteiger partial charge is 0.493 e. The highest BCUT2D eigenvalue weighted by molar-refractivity contribution is 6.24. The van der Waals surface area contributed by atoms with Crippen molar-refractivity contribution in [1.29, 1.82) is 0 Å². The van der Waals surface area contributed by atoms with Crippen molar-refractivity contribution in [2.75, 3.05) is 68.5 Å². The lowest BCUT2D eigenvalue weighted by molar-refractivity contribution is -0.137. The van der Waals surface area contributed by atoms with Gasteiger partial charge >= 0.3 is 0 Å². The van der Waals surface area contributed by atoms with Crippen LogP contribution >= 0.6 is 0 Å². The fraction of sp³-hybridized carbons (Fsp3) is 0.484.